The fourth-order valence-corrected chi connectivity index (χ4v) is 5.67. The monoisotopic (exact) mass is 478 g/mol. The van der Waals surface area contributed by atoms with Crippen LogP contribution in [0.1, 0.15) is 69.9 Å². The van der Waals surface area contributed by atoms with Crippen LogP contribution in [0.25, 0.3) is 11.1 Å². The van der Waals surface area contributed by atoms with Gasteiger partial charge in [0.25, 0.3) is 0 Å². The highest BCUT2D eigenvalue weighted by atomic mass is 16.5. The van der Waals surface area contributed by atoms with Crippen LogP contribution < -0.4 is 5.32 Å². The highest BCUT2D eigenvalue weighted by Gasteiger charge is 2.49. The van der Waals surface area contributed by atoms with Crippen LogP contribution in [0.2, 0.25) is 0 Å². The van der Waals surface area contributed by atoms with Gasteiger partial charge in [0.2, 0.25) is 5.91 Å². The molecule has 2 amide bonds. The second kappa shape index (κ2) is 9.72. The number of benzene rings is 2. The molecule has 2 aromatic carbocycles. The Morgan fingerprint density at radius 3 is 2.26 bits per heavy atom. The molecule has 0 bridgehead atoms. The van der Waals surface area contributed by atoms with E-state index < -0.39 is 23.1 Å². The number of carbonyl (C=O) groups is 3. The summed E-state index contributed by atoms with van der Waals surface area (Å²) in [5, 5.41) is 12.7. The summed E-state index contributed by atoms with van der Waals surface area (Å²) in [4.78, 5) is 39.5. The summed E-state index contributed by atoms with van der Waals surface area (Å²) in [5.41, 5.74) is 2.53. The minimum atomic E-state index is -1.15. The molecule has 1 unspecified atom stereocenters. The number of ether oxygens (including phenoxy) is 1. The lowest BCUT2D eigenvalue weighted by molar-refractivity contribution is -0.157. The van der Waals surface area contributed by atoms with Crippen molar-refractivity contribution in [3.63, 3.8) is 0 Å². The smallest absolute Gasteiger partial charge is 0.407 e. The van der Waals surface area contributed by atoms with Gasteiger partial charge in [-0.1, -0.05) is 61.9 Å². The Bertz CT molecular complexity index is 1080. The standard InChI is InChI=1S/C28H34N2O5/c1-4-14-28(25(32)33)15-9-16-30(28)24(31)17-27(2,3)29-26(34)35-18-23-21-12-7-5-10-19(21)20-11-6-8-13-22(20)23/h5-8,10-13,23H,4,9,14-18H2,1-3H3,(H,29,34)(H,32,33). The second-order valence-electron chi connectivity index (χ2n) is 10.2. The largest absolute Gasteiger partial charge is 0.479 e. The van der Waals surface area contributed by atoms with Gasteiger partial charge in [-0.2, -0.15) is 0 Å². The molecule has 1 heterocycles. The molecule has 0 aromatic heterocycles. The SMILES string of the molecule is CCCC1(C(=O)O)CCCN1C(=O)CC(C)(C)NC(=O)OCC1c2ccccc2-c2ccccc21. The fraction of sp³-hybridized carbons (Fsp3) is 0.464. The number of carboxylic acids is 1. The van der Waals surface area contributed by atoms with E-state index in [9.17, 15) is 19.5 Å². The average Bonchev–Trinajstić information content (AvgIpc) is 3.38. The lowest BCUT2D eigenvalue weighted by Crippen LogP contribution is -2.55. The molecule has 7 nitrogen and oxygen atoms in total. The number of nitrogens with one attached hydrogen (secondary N) is 1. The van der Waals surface area contributed by atoms with Gasteiger partial charge in [-0.25, -0.2) is 9.59 Å². The molecule has 4 rings (SSSR count). The zero-order chi connectivity index (χ0) is 25.2. The van der Waals surface area contributed by atoms with E-state index in [1.54, 1.807) is 13.8 Å². The second-order valence-corrected chi connectivity index (χ2v) is 10.2. The highest BCUT2D eigenvalue weighted by molar-refractivity contribution is 5.88. The van der Waals surface area contributed by atoms with Gasteiger partial charge in [-0.15, -0.1) is 0 Å². The van der Waals surface area contributed by atoms with Crippen molar-refractivity contribution in [3.05, 3.63) is 59.7 Å². The average molecular weight is 479 g/mol. The normalized spacial score (nSPS) is 19.2. The molecule has 7 heteroatoms. The number of aliphatic carboxylic acids is 1. The van der Waals surface area contributed by atoms with Crippen molar-refractivity contribution < 1.29 is 24.2 Å². The van der Waals surface area contributed by atoms with Crippen LogP contribution in [0.3, 0.4) is 0 Å². The Balaban J connectivity index is 1.39. The molecule has 186 valence electrons. The summed E-state index contributed by atoms with van der Waals surface area (Å²) in [6.45, 7) is 6.05. The first kappa shape index (κ1) is 24.8. The van der Waals surface area contributed by atoms with Crippen LogP contribution in [0, 0.1) is 0 Å². The van der Waals surface area contributed by atoms with Gasteiger partial charge < -0.3 is 20.1 Å². The van der Waals surface area contributed by atoms with E-state index >= 15 is 0 Å². The first-order valence-corrected chi connectivity index (χ1v) is 12.4. The molecule has 1 atom stereocenters. The topological polar surface area (TPSA) is 95.9 Å². The summed E-state index contributed by atoms with van der Waals surface area (Å²) in [5.74, 6) is -1.26. The third-order valence-corrected chi connectivity index (χ3v) is 7.23. The third kappa shape index (κ3) is 4.77. The number of carbonyl (C=O) groups excluding carboxylic acids is 2. The van der Waals surface area contributed by atoms with E-state index in [1.165, 1.54) is 4.90 Å². The van der Waals surface area contributed by atoms with Gasteiger partial charge in [0.05, 0.1) is 0 Å². The zero-order valence-electron chi connectivity index (χ0n) is 20.7. The maximum absolute atomic E-state index is 13.1. The molecule has 1 fully saturated rings. The number of rotatable bonds is 8. The van der Waals surface area contributed by atoms with Gasteiger partial charge in [0.15, 0.2) is 0 Å². The first-order chi connectivity index (χ1) is 16.7. The summed E-state index contributed by atoms with van der Waals surface area (Å²) in [6, 6.07) is 16.3. The molecular formula is C28H34N2O5. The van der Waals surface area contributed by atoms with Gasteiger partial charge in [-0.3, -0.25) is 4.79 Å². The summed E-state index contributed by atoms with van der Waals surface area (Å²) in [7, 11) is 0. The maximum Gasteiger partial charge on any atom is 0.407 e. The number of hydrogen-bond donors (Lipinski definition) is 2. The Labute approximate surface area is 206 Å². The van der Waals surface area contributed by atoms with Crippen LogP contribution in [0.4, 0.5) is 4.79 Å². The Morgan fingerprint density at radius 1 is 1.09 bits per heavy atom. The number of amides is 2. The minimum absolute atomic E-state index is 0.00403. The van der Waals surface area contributed by atoms with Gasteiger partial charge in [0, 0.05) is 24.4 Å². The maximum atomic E-state index is 13.1. The molecule has 0 spiro atoms. The fourth-order valence-electron chi connectivity index (χ4n) is 5.67. The third-order valence-electron chi connectivity index (χ3n) is 7.23. The zero-order valence-corrected chi connectivity index (χ0v) is 20.7. The molecular weight excluding hydrogens is 444 g/mol. The summed E-state index contributed by atoms with van der Waals surface area (Å²) in [6.07, 6.45) is 1.63. The van der Waals surface area contributed by atoms with E-state index in [0.29, 0.717) is 32.2 Å². The quantitative estimate of drug-likeness (QED) is 0.560. The van der Waals surface area contributed by atoms with Crippen LogP contribution in [0.15, 0.2) is 48.5 Å². The van der Waals surface area contributed by atoms with Gasteiger partial charge in [0.1, 0.15) is 12.1 Å². The van der Waals surface area contributed by atoms with Crippen LogP contribution >= 0.6 is 0 Å². The molecule has 1 saturated heterocycles. The minimum Gasteiger partial charge on any atom is -0.479 e. The molecule has 35 heavy (non-hydrogen) atoms. The van der Waals surface area contributed by atoms with Crippen molar-refractivity contribution in [2.24, 2.45) is 0 Å². The Hall–Kier alpha value is -3.35. The van der Waals surface area contributed by atoms with E-state index in [0.717, 1.165) is 22.3 Å². The predicted molar refractivity (Wildman–Crippen MR) is 133 cm³/mol. The van der Waals surface area contributed by atoms with Gasteiger partial charge in [-0.05, 0) is 55.4 Å². The van der Waals surface area contributed by atoms with E-state index in [-0.39, 0.29) is 24.9 Å². The lowest BCUT2D eigenvalue weighted by atomic mass is 9.89. The molecule has 2 aromatic rings. The first-order valence-electron chi connectivity index (χ1n) is 12.4. The van der Waals surface area contributed by atoms with Crippen LogP contribution in [-0.4, -0.2) is 52.2 Å². The molecule has 0 saturated carbocycles. The van der Waals surface area contributed by atoms with Crippen molar-refractivity contribution in [1.29, 1.82) is 0 Å². The molecule has 2 aliphatic rings. The van der Waals surface area contributed by atoms with E-state index in [4.69, 9.17) is 4.74 Å². The number of fused-ring (bicyclic) bond motifs is 3. The van der Waals surface area contributed by atoms with Crippen molar-refractivity contribution in [1.82, 2.24) is 10.2 Å². The van der Waals surface area contributed by atoms with Gasteiger partial charge >= 0.3 is 12.1 Å². The molecule has 1 aliphatic heterocycles. The number of hydrogen-bond acceptors (Lipinski definition) is 4. The summed E-state index contributed by atoms with van der Waals surface area (Å²) < 4.78 is 5.63. The van der Waals surface area contributed by atoms with Crippen LogP contribution in [0.5, 0.6) is 0 Å². The Kier molecular flexibility index (Phi) is 6.88. The number of nitrogens with zero attached hydrogens (tertiary/aromatic N) is 1. The number of alkyl carbamates (subject to hydrolysis) is 1. The predicted octanol–water partition coefficient (Wildman–Crippen LogP) is 4.94. The van der Waals surface area contributed by atoms with Crippen LogP contribution in [-0.2, 0) is 14.3 Å². The highest BCUT2D eigenvalue weighted by Crippen LogP contribution is 2.44. The molecule has 1 aliphatic carbocycles. The summed E-state index contributed by atoms with van der Waals surface area (Å²) >= 11 is 0. The van der Waals surface area contributed by atoms with Crippen molar-refractivity contribution in [3.8, 4) is 11.1 Å². The van der Waals surface area contributed by atoms with Crippen molar-refractivity contribution in [2.45, 2.75) is 69.9 Å². The Morgan fingerprint density at radius 2 is 1.69 bits per heavy atom. The van der Waals surface area contributed by atoms with Crippen molar-refractivity contribution >= 4 is 18.0 Å². The molecule has 0 radical (unpaired) electrons. The number of carboxylic acid groups (broad SMARTS) is 1. The van der Waals surface area contributed by atoms with E-state index in [2.05, 4.69) is 29.6 Å². The molecule has 2 N–H and O–H groups in total. The van der Waals surface area contributed by atoms with Crippen molar-refractivity contribution in [2.75, 3.05) is 13.2 Å². The lowest BCUT2D eigenvalue weighted by Gasteiger charge is -2.37. The van der Waals surface area contributed by atoms with E-state index in [1.807, 2.05) is 31.2 Å². The number of likely N-dealkylation sites (tertiary alicyclic amines) is 1.